The molecule has 0 fully saturated rings. The maximum atomic E-state index is 11.2. The van der Waals surface area contributed by atoms with E-state index in [9.17, 15) is 4.79 Å². The average Bonchev–Trinajstić information content (AvgIpc) is 2.26. The van der Waals surface area contributed by atoms with Gasteiger partial charge in [0, 0.05) is 10.9 Å². The normalized spacial score (nSPS) is 12.2. The molecular formula is C12H16ClNO2. The zero-order valence-corrected chi connectivity index (χ0v) is 10.3. The number of benzene rings is 1. The summed E-state index contributed by atoms with van der Waals surface area (Å²) in [7, 11) is 1.38. The van der Waals surface area contributed by atoms with Gasteiger partial charge >= 0.3 is 5.97 Å². The van der Waals surface area contributed by atoms with Crippen molar-refractivity contribution in [2.45, 2.75) is 19.3 Å². The fourth-order valence-corrected chi connectivity index (χ4v) is 1.93. The Morgan fingerprint density at radius 1 is 1.56 bits per heavy atom. The zero-order chi connectivity index (χ0) is 12.1. The van der Waals surface area contributed by atoms with E-state index in [4.69, 9.17) is 17.3 Å². The van der Waals surface area contributed by atoms with E-state index in [1.807, 2.05) is 25.1 Å². The van der Waals surface area contributed by atoms with Gasteiger partial charge in [0.25, 0.3) is 0 Å². The third-order valence-electron chi connectivity index (χ3n) is 2.60. The Morgan fingerprint density at radius 3 is 2.75 bits per heavy atom. The highest BCUT2D eigenvalue weighted by Crippen LogP contribution is 2.25. The first kappa shape index (κ1) is 13.0. The molecule has 0 aliphatic heterocycles. The van der Waals surface area contributed by atoms with E-state index < -0.39 is 0 Å². The van der Waals surface area contributed by atoms with E-state index in [0.29, 0.717) is 18.0 Å². The summed E-state index contributed by atoms with van der Waals surface area (Å²) in [6.45, 7) is 2.37. The van der Waals surface area contributed by atoms with Crippen LogP contribution in [0.2, 0.25) is 5.02 Å². The molecule has 0 saturated heterocycles. The minimum Gasteiger partial charge on any atom is -0.469 e. The summed E-state index contributed by atoms with van der Waals surface area (Å²) in [4.78, 5) is 11.2. The first-order valence-corrected chi connectivity index (χ1v) is 5.49. The van der Waals surface area contributed by atoms with Crippen molar-refractivity contribution in [1.82, 2.24) is 0 Å². The molecule has 0 amide bonds. The van der Waals surface area contributed by atoms with Gasteiger partial charge in [0.1, 0.15) is 0 Å². The lowest BCUT2D eigenvalue weighted by molar-refractivity contribution is -0.141. The Kier molecular flexibility index (Phi) is 4.77. The summed E-state index contributed by atoms with van der Waals surface area (Å²) in [5.41, 5.74) is 7.78. The number of hydrogen-bond donors (Lipinski definition) is 1. The average molecular weight is 242 g/mol. The summed E-state index contributed by atoms with van der Waals surface area (Å²) in [6.07, 6.45) is 0.301. The topological polar surface area (TPSA) is 52.3 Å². The monoisotopic (exact) mass is 241 g/mol. The van der Waals surface area contributed by atoms with Gasteiger partial charge < -0.3 is 10.5 Å². The van der Waals surface area contributed by atoms with Crippen molar-refractivity contribution < 1.29 is 9.53 Å². The molecule has 0 aromatic heterocycles. The molecule has 1 unspecified atom stereocenters. The van der Waals surface area contributed by atoms with Gasteiger partial charge in [-0.2, -0.15) is 0 Å². The first-order chi connectivity index (χ1) is 7.58. The third kappa shape index (κ3) is 3.22. The maximum absolute atomic E-state index is 11.2. The Morgan fingerprint density at radius 2 is 2.25 bits per heavy atom. The van der Waals surface area contributed by atoms with Crippen LogP contribution >= 0.6 is 11.6 Å². The molecular weight excluding hydrogens is 226 g/mol. The molecule has 4 heteroatoms. The molecule has 0 heterocycles. The molecule has 1 atom stereocenters. The summed E-state index contributed by atoms with van der Waals surface area (Å²) in [5, 5.41) is 0.690. The van der Waals surface area contributed by atoms with E-state index in [-0.39, 0.29) is 11.9 Å². The van der Waals surface area contributed by atoms with Crippen LogP contribution in [-0.4, -0.2) is 19.6 Å². The van der Waals surface area contributed by atoms with Crippen molar-refractivity contribution in [2.75, 3.05) is 13.7 Å². The van der Waals surface area contributed by atoms with Crippen LogP contribution in [0.25, 0.3) is 0 Å². The summed E-state index contributed by atoms with van der Waals surface area (Å²) < 4.78 is 4.65. The number of halogens is 1. The second-order valence-electron chi connectivity index (χ2n) is 3.71. The molecule has 0 spiro atoms. The highest BCUT2D eigenvalue weighted by Gasteiger charge is 2.16. The first-order valence-electron chi connectivity index (χ1n) is 5.11. The number of methoxy groups -OCH3 is 1. The second-order valence-corrected chi connectivity index (χ2v) is 4.15. The van der Waals surface area contributed by atoms with Gasteiger partial charge in [-0.25, -0.2) is 0 Å². The quantitative estimate of drug-likeness (QED) is 0.823. The molecule has 0 saturated carbocycles. The van der Waals surface area contributed by atoms with Gasteiger partial charge in [-0.05, 0) is 36.7 Å². The molecule has 0 radical (unpaired) electrons. The van der Waals surface area contributed by atoms with Gasteiger partial charge in [0.05, 0.1) is 13.5 Å². The van der Waals surface area contributed by atoms with Crippen LogP contribution in [-0.2, 0) is 9.53 Å². The zero-order valence-electron chi connectivity index (χ0n) is 9.50. The van der Waals surface area contributed by atoms with Crippen molar-refractivity contribution in [3.05, 3.63) is 34.3 Å². The van der Waals surface area contributed by atoms with E-state index in [2.05, 4.69) is 4.74 Å². The number of carbonyl (C=O) groups excluding carboxylic acids is 1. The Bertz CT molecular complexity index is 379. The van der Waals surface area contributed by atoms with Gasteiger partial charge in [-0.1, -0.05) is 17.7 Å². The number of hydrogen-bond acceptors (Lipinski definition) is 3. The molecule has 1 rings (SSSR count). The molecule has 0 aliphatic carbocycles. The standard InChI is InChI=1S/C12H16ClNO2/c1-8-5-10(13)3-4-11(8)9(7-14)6-12(15)16-2/h3-5,9H,6-7,14H2,1-2H3. The molecule has 1 aromatic carbocycles. The van der Waals surface area contributed by atoms with E-state index in [0.717, 1.165) is 11.1 Å². The molecule has 88 valence electrons. The lowest BCUT2D eigenvalue weighted by Gasteiger charge is -2.16. The Balaban J connectivity index is 2.90. The summed E-state index contributed by atoms with van der Waals surface area (Å²) >= 11 is 5.87. The van der Waals surface area contributed by atoms with Crippen molar-refractivity contribution in [3.8, 4) is 0 Å². The SMILES string of the molecule is COC(=O)CC(CN)c1ccc(Cl)cc1C. The lowest BCUT2D eigenvalue weighted by atomic mass is 9.92. The van der Waals surface area contributed by atoms with Gasteiger partial charge in [0.15, 0.2) is 0 Å². The minimum atomic E-state index is -0.246. The lowest BCUT2D eigenvalue weighted by Crippen LogP contribution is -2.18. The fourth-order valence-electron chi connectivity index (χ4n) is 1.70. The van der Waals surface area contributed by atoms with Crippen LogP contribution in [0, 0.1) is 6.92 Å². The minimum absolute atomic E-state index is 0.00952. The van der Waals surface area contributed by atoms with Gasteiger partial charge in [0.2, 0.25) is 0 Å². The number of aryl methyl sites for hydroxylation is 1. The van der Waals surface area contributed by atoms with E-state index in [1.165, 1.54) is 7.11 Å². The molecule has 2 N–H and O–H groups in total. The Hall–Kier alpha value is -1.06. The van der Waals surface area contributed by atoms with Crippen molar-refractivity contribution in [1.29, 1.82) is 0 Å². The molecule has 16 heavy (non-hydrogen) atoms. The van der Waals surface area contributed by atoms with Crippen molar-refractivity contribution >= 4 is 17.6 Å². The van der Waals surface area contributed by atoms with E-state index >= 15 is 0 Å². The van der Waals surface area contributed by atoms with Crippen LogP contribution in [0.5, 0.6) is 0 Å². The molecule has 3 nitrogen and oxygen atoms in total. The molecule has 0 bridgehead atoms. The van der Waals surface area contributed by atoms with Crippen LogP contribution in [0.3, 0.4) is 0 Å². The number of rotatable bonds is 4. The van der Waals surface area contributed by atoms with Crippen LogP contribution in [0.4, 0.5) is 0 Å². The number of carbonyl (C=O) groups is 1. The number of esters is 1. The van der Waals surface area contributed by atoms with Crippen LogP contribution in [0.1, 0.15) is 23.5 Å². The number of nitrogens with two attached hydrogens (primary N) is 1. The van der Waals surface area contributed by atoms with Crippen LogP contribution in [0.15, 0.2) is 18.2 Å². The Labute approximate surface area is 101 Å². The smallest absolute Gasteiger partial charge is 0.306 e. The highest BCUT2D eigenvalue weighted by molar-refractivity contribution is 6.30. The van der Waals surface area contributed by atoms with Crippen LogP contribution < -0.4 is 5.73 Å². The predicted octanol–water partition coefficient (Wildman–Crippen LogP) is 2.25. The molecule has 0 aliphatic rings. The highest BCUT2D eigenvalue weighted by atomic mass is 35.5. The van der Waals surface area contributed by atoms with Gasteiger partial charge in [-0.15, -0.1) is 0 Å². The van der Waals surface area contributed by atoms with Gasteiger partial charge in [-0.3, -0.25) is 4.79 Å². The summed E-state index contributed by atoms with van der Waals surface area (Å²) in [6, 6.07) is 5.60. The number of ether oxygens (including phenoxy) is 1. The largest absolute Gasteiger partial charge is 0.469 e. The summed E-state index contributed by atoms with van der Waals surface area (Å²) in [5.74, 6) is -0.255. The fraction of sp³-hybridized carbons (Fsp3) is 0.417. The molecule has 1 aromatic rings. The van der Waals surface area contributed by atoms with Crippen molar-refractivity contribution in [2.24, 2.45) is 5.73 Å². The van der Waals surface area contributed by atoms with E-state index in [1.54, 1.807) is 0 Å². The maximum Gasteiger partial charge on any atom is 0.306 e. The predicted molar refractivity (Wildman–Crippen MR) is 64.6 cm³/mol. The second kappa shape index (κ2) is 5.87. The third-order valence-corrected chi connectivity index (χ3v) is 2.83. The van der Waals surface area contributed by atoms with Crippen molar-refractivity contribution in [3.63, 3.8) is 0 Å².